The smallest absolute Gasteiger partial charge is 0.276 e. The van der Waals surface area contributed by atoms with E-state index >= 15 is 0 Å². The number of amides is 4. The summed E-state index contributed by atoms with van der Waals surface area (Å²) in [7, 11) is 0. The summed E-state index contributed by atoms with van der Waals surface area (Å²) >= 11 is 0. The largest absolute Gasteiger partial charge is 0.491 e. The molecule has 1 fully saturated rings. The zero-order chi connectivity index (χ0) is 42.5. The van der Waals surface area contributed by atoms with E-state index in [9.17, 15) is 19.2 Å². The van der Waals surface area contributed by atoms with E-state index in [0.717, 1.165) is 26.2 Å². The van der Waals surface area contributed by atoms with Crippen LogP contribution in [0.5, 0.6) is 5.75 Å². The number of hydrogen-bond donors (Lipinski definition) is 5. The van der Waals surface area contributed by atoms with Gasteiger partial charge in [-0.3, -0.25) is 43.7 Å². The number of nitrogens with zero attached hydrogens (tertiary/aromatic N) is 10. The predicted octanol–water partition coefficient (Wildman–Crippen LogP) is 2.24. The van der Waals surface area contributed by atoms with Gasteiger partial charge in [-0.15, -0.1) is 0 Å². The van der Waals surface area contributed by atoms with Crippen LogP contribution in [0.15, 0.2) is 48.7 Å². The lowest BCUT2D eigenvalue weighted by molar-refractivity contribution is -0.528. The number of primary amides is 2. The van der Waals surface area contributed by atoms with Gasteiger partial charge in [-0.2, -0.15) is 10.2 Å². The van der Waals surface area contributed by atoms with Crippen molar-refractivity contribution in [3.63, 3.8) is 0 Å². The third-order valence-electron chi connectivity index (χ3n) is 9.94. The Hall–Kier alpha value is -7.22. The quantitative estimate of drug-likeness (QED) is 0.0538. The number of allylic oxidation sites excluding steroid dienone is 2. The molecule has 1 aliphatic heterocycles. The second kappa shape index (κ2) is 17.7. The number of carbonyl (C=O) groups excluding carboxylic acids is 4. The van der Waals surface area contributed by atoms with Crippen molar-refractivity contribution in [1.82, 2.24) is 49.0 Å². The van der Waals surface area contributed by atoms with Crippen molar-refractivity contribution in [2.45, 2.75) is 60.3 Å². The number of nitrogens with one attached hydrogen (secondary N) is 3. The minimum absolute atomic E-state index is 0.165. The first kappa shape index (κ1) is 41.0. The number of hydrogen-bond acceptors (Lipinski definition) is 11. The average molecular weight is 819 g/mol. The summed E-state index contributed by atoms with van der Waals surface area (Å²) in [4.78, 5) is 65.6. The Morgan fingerprint density at radius 3 is 1.97 bits per heavy atom. The number of piperazine rings is 1. The van der Waals surface area contributed by atoms with E-state index in [0.29, 0.717) is 76.8 Å². The van der Waals surface area contributed by atoms with Gasteiger partial charge in [-0.1, -0.05) is 12.2 Å². The lowest BCUT2D eigenvalue weighted by Gasteiger charge is -2.13. The van der Waals surface area contributed by atoms with Crippen LogP contribution >= 0.6 is 0 Å². The number of aromatic nitrogens is 9. The van der Waals surface area contributed by atoms with Gasteiger partial charge in [0.15, 0.2) is 18.7 Å². The van der Waals surface area contributed by atoms with E-state index in [2.05, 4.69) is 46.9 Å². The molecular formula is C40H48N15O5+. The number of fused-ring (bicyclic) bond motifs is 2. The van der Waals surface area contributed by atoms with E-state index < -0.39 is 23.6 Å². The number of imidazole rings is 2. The number of aryl methyl sites for hydroxylation is 4. The van der Waals surface area contributed by atoms with E-state index in [1.165, 1.54) is 12.3 Å². The highest BCUT2D eigenvalue weighted by Gasteiger charge is 2.23. The second-order valence-electron chi connectivity index (χ2n) is 14.2. The maximum absolute atomic E-state index is 13.8. The van der Waals surface area contributed by atoms with Gasteiger partial charge < -0.3 is 26.1 Å². The van der Waals surface area contributed by atoms with E-state index in [1.807, 2.05) is 32.9 Å². The van der Waals surface area contributed by atoms with Crippen molar-refractivity contribution >= 4 is 63.9 Å². The van der Waals surface area contributed by atoms with Gasteiger partial charge in [0.25, 0.3) is 11.8 Å². The highest BCUT2D eigenvalue weighted by molar-refractivity contribution is 6.05. The van der Waals surface area contributed by atoms with Crippen LogP contribution in [0.2, 0.25) is 0 Å². The van der Waals surface area contributed by atoms with E-state index in [-0.39, 0.29) is 36.1 Å². The Bertz CT molecular complexity index is 2670. The molecular weight excluding hydrogens is 771 g/mol. The molecule has 0 unspecified atom stereocenters. The fourth-order valence-electron chi connectivity index (χ4n) is 7.07. The maximum atomic E-state index is 13.8. The van der Waals surface area contributed by atoms with Crippen molar-refractivity contribution in [3.8, 4) is 5.75 Å². The summed E-state index contributed by atoms with van der Waals surface area (Å²) in [6, 6.07) is 8.06. The molecule has 20 nitrogen and oxygen atoms in total. The van der Waals surface area contributed by atoms with Crippen LogP contribution in [0.25, 0.3) is 22.2 Å². The number of anilines is 2. The minimum Gasteiger partial charge on any atom is -0.491 e. The van der Waals surface area contributed by atoms with Crippen LogP contribution in [0, 0.1) is 13.8 Å². The standard InChI is InChI=1S/C40H47N15O5/c1-5-54-30(18-24(3)49-54)37(58)47-39-45-28-20-26(34(41)56)22-32(60-17-9-12-51-15-10-43-11-16-51)33(28)52(39)13-7-8-14-53-36-29(21-27(23-44-36)35(42)57)46-40(53)48-38(59)31-19-25(4)50-55(31)6-2/h7-8,12,18-23,43H,5-6,9-11,13-17H2,1-4H3,(H5-,41,42,45,46,47,48,56,57,58,59)/p+1/b8-7+. The summed E-state index contributed by atoms with van der Waals surface area (Å²) in [6.07, 6.45) is 7.78. The number of benzene rings is 1. The van der Waals surface area contributed by atoms with Crippen LogP contribution in [-0.2, 0) is 26.2 Å². The number of nitrogens with two attached hydrogens (primary N) is 2. The molecule has 7 rings (SSSR count). The molecule has 4 amide bonds. The first-order chi connectivity index (χ1) is 28.9. The SMILES string of the molecule is CCn1nc(C)cc1C(=O)Nc1nc2cc(C(N)=O)cnc2n1C/C=C/Cn1c(NC(=O)c2cc(C)nn2CC)nc2cc(C(N)=O)cc(OCCC=[N+]3CCNCC3)c21. The van der Waals surface area contributed by atoms with Crippen molar-refractivity contribution in [2.24, 2.45) is 11.5 Å². The van der Waals surface area contributed by atoms with Crippen molar-refractivity contribution < 1.29 is 28.5 Å². The summed E-state index contributed by atoms with van der Waals surface area (Å²) < 4.78 is 15.3. The van der Waals surface area contributed by atoms with Crippen LogP contribution in [0.4, 0.5) is 11.9 Å². The second-order valence-corrected chi connectivity index (χ2v) is 14.2. The number of ether oxygens (including phenoxy) is 1. The van der Waals surface area contributed by atoms with Gasteiger partial charge in [0, 0.05) is 37.9 Å². The Labute approximate surface area is 344 Å². The molecule has 6 heterocycles. The lowest BCUT2D eigenvalue weighted by atomic mass is 10.1. The summed E-state index contributed by atoms with van der Waals surface area (Å²) in [5.74, 6) is -1.42. The number of rotatable bonds is 16. The topological polar surface area (TPSA) is 253 Å². The molecule has 0 radical (unpaired) electrons. The van der Waals surface area contributed by atoms with Gasteiger partial charge in [0.2, 0.25) is 23.7 Å². The van der Waals surface area contributed by atoms with Gasteiger partial charge >= 0.3 is 0 Å². The first-order valence-electron chi connectivity index (χ1n) is 19.7. The molecule has 1 aromatic carbocycles. The molecule has 5 aromatic heterocycles. The summed E-state index contributed by atoms with van der Waals surface area (Å²) in [6.45, 7) is 12.6. The van der Waals surface area contributed by atoms with E-state index in [1.54, 1.807) is 49.7 Å². The zero-order valence-corrected chi connectivity index (χ0v) is 33.9. The fourth-order valence-corrected chi connectivity index (χ4v) is 7.07. The molecule has 0 atom stereocenters. The van der Waals surface area contributed by atoms with E-state index in [4.69, 9.17) is 21.2 Å². The Morgan fingerprint density at radius 1 is 0.800 bits per heavy atom. The Morgan fingerprint density at radius 2 is 1.37 bits per heavy atom. The van der Waals surface area contributed by atoms with Gasteiger partial charge in [0.05, 0.1) is 48.6 Å². The lowest BCUT2D eigenvalue weighted by Crippen LogP contribution is -2.38. The number of carbonyl (C=O) groups is 4. The average Bonchev–Trinajstić information content (AvgIpc) is 4.00. The molecule has 0 bridgehead atoms. The van der Waals surface area contributed by atoms with Crippen LogP contribution < -0.4 is 32.2 Å². The molecule has 0 saturated carbocycles. The predicted molar refractivity (Wildman–Crippen MR) is 224 cm³/mol. The molecule has 20 heteroatoms. The zero-order valence-electron chi connectivity index (χ0n) is 33.9. The molecule has 312 valence electrons. The van der Waals surface area contributed by atoms with Gasteiger partial charge in [-0.25, -0.2) is 19.5 Å². The minimum atomic E-state index is -0.666. The van der Waals surface area contributed by atoms with Crippen LogP contribution in [-0.4, -0.2) is 111 Å². The van der Waals surface area contributed by atoms with Crippen LogP contribution in [0.1, 0.15) is 73.3 Å². The molecule has 60 heavy (non-hydrogen) atoms. The van der Waals surface area contributed by atoms with Crippen molar-refractivity contribution in [3.05, 3.63) is 82.6 Å². The van der Waals surface area contributed by atoms with Crippen molar-refractivity contribution in [1.29, 1.82) is 0 Å². The Kier molecular flexibility index (Phi) is 12.1. The van der Waals surface area contributed by atoms with Crippen molar-refractivity contribution in [2.75, 3.05) is 43.4 Å². The maximum Gasteiger partial charge on any atom is 0.276 e. The number of pyridine rings is 1. The third-order valence-corrected chi connectivity index (χ3v) is 9.94. The molecule has 0 spiro atoms. The van der Waals surface area contributed by atoms with Gasteiger partial charge in [0.1, 0.15) is 34.4 Å². The summed E-state index contributed by atoms with van der Waals surface area (Å²) in [5, 5.41) is 18.0. The first-order valence-corrected chi connectivity index (χ1v) is 19.7. The fraction of sp³-hybridized carbons (Fsp3) is 0.350. The normalized spacial score (nSPS) is 13.0. The monoisotopic (exact) mass is 818 g/mol. The van der Waals surface area contributed by atoms with Crippen LogP contribution in [0.3, 0.4) is 0 Å². The molecule has 6 aromatic rings. The highest BCUT2D eigenvalue weighted by Crippen LogP contribution is 2.32. The Balaban J connectivity index is 1.23. The molecule has 1 saturated heterocycles. The molecule has 1 aliphatic rings. The third kappa shape index (κ3) is 8.77. The summed E-state index contributed by atoms with van der Waals surface area (Å²) in [5.41, 5.74) is 15.4. The van der Waals surface area contributed by atoms with Gasteiger partial charge in [-0.05, 0) is 58.0 Å². The molecule has 0 aliphatic carbocycles. The molecule has 7 N–H and O–H groups in total. The highest BCUT2D eigenvalue weighted by atomic mass is 16.5.